The summed E-state index contributed by atoms with van der Waals surface area (Å²) in [5.41, 5.74) is 2.03. The van der Waals surface area contributed by atoms with Crippen LogP contribution in [0.2, 0.25) is 0 Å². The number of pyridine rings is 1. The maximum Gasteiger partial charge on any atom is 0.215 e. The van der Waals surface area contributed by atoms with Crippen LogP contribution in [0.15, 0.2) is 42.5 Å². The van der Waals surface area contributed by atoms with E-state index >= 15 is 0 Å². The number of ketones is 1. The minimum absolute atomic E-state index is 0.0106. The second-order valence-corrected chi connectivity index (χ2v) is 6.58. The predicted molar refractivity (Wildman–Crippen MR) is 95.9 cm³/mol. The number of Topliss-reactive ketones (excluding diaryl/α,β-unsaturated/α-hetero) is 1. The molecule has 2 aromatic heterocycles. The first-order chi connectivity index (χ1) is 12.3. The lowest BCUT2D eigenvalue weighted by molar-refractivity contribution is 0.0989. The number of nitrogens with one attached hydrogen (secondary N) is 1. The molecule has 0 radical (unpaired) electrons. The highest BCUT2D eigenvalue weighted by atomic mass is 16.5. The number of benzene rings is 1. The van der Waals surface area contributed by atoms with E-state index in [0.29, 0.717) is 23.6 Å². The molecule has 0 spiro atoms. The van der Waals surface area contributed by atoms with E-state index in [1.165, 1.54) is 19.3 Å². The Labute approximate surface area is 146 Å². The molecule has 2 heterocycles. The molecular weight excluding hydrogens is 314 g/mol. The summed E-state index contributed by atoms with van der Waals surface area (Å²) >= 11 is 0. The SMILES string of the molecule is O=C(Cc1ccccc1)c1[nH]nc2nc(OC3CCCCC3)ccc12. The summed E-state index contributed by atoms with van der Waals surface area (Å²) in [6.07, 6.45) is 6.48. The summed E-state index contributed by atoms with van der Waals surface area (Å²) in [6, 6.07) is 13.4. The van der Waals surface area contributed by atoms with E-state index in [1.54, 1.807) is 0 Å². The minimum Gasteiger partial charge on any atom is -0.474 e. The molecular formula is C20H21N3O2. The quantitative estimate of drug-likeness (QED) is 0.713. The maximum absolute atomic E-state index is 12.6. The fourth-order valence-corrected chi connectivity index (χ4v) is 3.38. The number of H-pyrrole nitrogens is 1. The van der Waals surface area contributed by atoms with Crippen molar-refractivity contribution in [2.75, 3.05) is 0 Å². The Morgan fingerprint density at radius 2 is 1.88 bits per heavy atom. The van der Waals surface area contributed by atoms with Gasteiger partial charge in [0.05, 0.1) is 5.39 Å². The van der Waals surface area contributed by atoms with Gasteiger partial charge in [-0.05, 0) is 37.3 Å². The van der Waals surface area contributed by atoms with Crippen LogP contribution in [0.4, 0.5) is 0 Å². The molecule has 1 aliphatic carbocycles. The largest absolute Gasteiger partial charge is 0.474 e. The van der Waals surface area contributed by atoms with Crippen LogP contribution >= 0.6 is 0 Å². The monoisotopic (exact) mass is 335 g/mol. The average Bonchev–Trinajstić information content (AvgIpc) is 3.07. The molecule has 1 aromatic carbocycles. The van der Waals surface area contributed by atoms with Crippen molar-refractivity contribution in [2.45, 2.75) is 44.6 Å². The predicted octanol–water partition coefficient (Wildman–Crippen LogP) is 4.09. The van der Waals surface area contributed by atoms with Crippen LogP contribution in [0.3, 0.4) is 0 Å². The Hall–Kier alpha value is -2.69. The lowest BCUT2D eigenvalue weighted by Crippen LogP contribution is -2.20. The molecule has 1 N–H and O–H groups in total. The van der Waals surface area contributed by atoms with E-state index in [-0.39, 0.29) is 11.9 Å². The number of aromatic amines is 1. The van der Waals surface area contributed by atoms with Crippen molar-refractivity contribution in [1.29, 1.82) is 0 Å². The van der Waals surface area contributed by atoms with Gasteiger partial charge in [-0.2, -0.15) is 10.1 Å². The molecule has 5 heteroatoms. The second-order valence-electron chi connectivity index (χ2n) is 6.58. The van der Waals surface area contributed by atoms with Crippen molar-refractivity contribution in [1.82, 2.24) is 15.2 Å². The first-order valence-corrected chi connectivity index (χ1v) is 8.88. The van der Waals surface area contributed by atoms with Gasteiger partial charge in [0.1, 0.15) is 11.8 Å². The van der Waals surface area contributed by atoms with Gasteiger partial charge >= 0.3 is 0 Å². The third-order valence-corrected chi connectivity index (χ3v) is 4.72. The van der Waals surface area contributed by atoms with Gasteiger partial charge in [-0.15, -0.1) is 0 Å². The Bertz CT molecular complexity index is 867. The van der Waals surface area contributed by atoms with E-state index in [4.69, 9.17) is 4.74 Å². The number of fused-ring (bicyclic) bond motifs is 1. The average molecular weight is 335 g/mol. The fourth-order valence-electron chi connectivity index (χ4n) is 3.38. The minimum atomic E-state index is 0.0106. The van der Waals surface area contributed by atoms with Crippen molar-refractivity contribution in [3.05, 3.63) is 53.7 Å². The molecule has 0 aliphatic heterocycles. The molecule has 0 unspecified atom stereocenters. The van der Waals surface area contributed by atoms with Crippen LogP contribution in [0, 0.1) is 0 Å². The first kappa shape index (κ1) is 15.8. The normalized spacial score (nSPS) is 15.4. The lowest BCUT2D eigenvalue weighted by Gasteiger charge is -2.22. The highest BCUT2D eigenvalue weighted by Crippen LogP contribution is 2.24. The van der Waals surface area contributed by atoms with Crippen molar-refractivity contribution < 1.29 is 9.53 Å². The Balaban J connectivity index is 1.52. The second kappa shape index (κ2) is 7.05. The number of nitrogens with zero attached hydrogens (tertiary/aromatic N) is 2. The molecule has 4 rings (SSSR count). The molecule has 25 heavy (non-hydrogen) atoms. The van der Waals surface area contributed by atoms with E-state index < -0.39 is 0 Å². The van der Waals surface area contributed by atoms with Gasteiger partial charge in [0.15, 0.2) is 11.4 Å². The summed E-state index contributed by atoms with van der Waals surface area (Å²) < 4.78 is 5.98. The number of hydrogen-bond acceptors (Lipinski definition) is 4. The van der Waals surface area contributed by atoms with Gasteiger partial charge in [0.25, 0.3) is 0 Å². The number of rotatable bonds is 5. The zero-order chi connectivity index (χ0) is 17.1. The van der Waals surface area contributed by atoms with Crippen molar-refractivity contribution in [3.8, 4) is 5.88 Å². The smallest absolute Gasteiger partial charge is 0.215 e. The Morgan fingerprint density at radius 3 is 2.68 bits per heavy atom. The summed E-state index contributed by atoms with van der Waals surface area (Å²) in [6.45, 7) is 0. The van der Waals surface area contributed by atoms with Crippen LogP contribution in [-0.4, -0.2) is 27.1 Å². The summed E-state index contributed by atoms with van der Waals surface area (Å²) in [5.74, 6) is 0.601. The van der Waals surface area contributed by atoms with Gasteiger partial charge < -0.3 is 4.74 Å². The topological polar surface area (TPSA) is 67.9 Å². The molecule has 0 atom stereocenters. The molecule has 1 fully saturated rings. The van der Waals surface area contributed by atoms with Crippen molar-refractivity contribution in [2.24, 2.45) is 0 Å². The molecule has 0 saturated heterocycles. The van der Waals surface area contributed by atoms with Crippen LogP contribution in [0.25, 0.3) is 11.0 Å². The third-order valence-electron chi connectivity index (χ3n) is 4.72. The van der Waals surface area contributed by atoms with Gasteiger partial charge in [-0.3, -0.25) is 9.89 Å². The van der Waals surface area contributed by atoms with E-state index in [2.05, 4.69) is 15.2 Å². The van der Waals surface area contributed by atoms with E-state index in [1.807, 2.05) is 42.5 Å². The van der Waals surface area contributed by atoms with Gasteiger partial charge in [0, 0.05) is 12.5 Å². The van der Waals surface area contributed by atoms with Crippen molar-refractivity contribution >= 4 is 16.8 Å². The fraction of sp³-hybridized carbons (Fsp3) is 0.350. The van der Waals surface area contributed by atoms with Gasteiger partial charge in [0.2, 0.25) is 5.88 Å². The van der Waals surface area contributed by atoms with Crippen LogP contribution in [0.1, 0.15) is 48.2 Å². The first-order valence-electron chi connectivity index (χ1n) is 8.88. The maximum atomic E-state index is 12.6. The molecule has 1 saturated carbocycles. The highest BCUT2D eigenvalue weighted by Gasteiger charge is 2.18. The molecule has 1 aliphatic rings. The lowest BCUT2D eigenvalue weighted by atomic mass is 9.98. The molecule has 3 aromatic rings. The third kappa shape index (κ3) is 3.55. The Kier molecular flexibility index (Phi) is 4.46. The number of hydrogen-bond donors (Lipinski definition) is 1. The molecule has 128 valence electrons. The van der Waals surface area contributed by atoms with Gasteiger partial charge in [-0.25, -0.2) is 0 Å². The number of carbonyl (C=O) groups excluding carboxylic acids is 1. The Morgan fingerprint density at radius 1 is 1.08 bits per heavy atom. The summed E-state index contributed by atoms with van der Waals surface area (Å²) in [5, 5.41) is 7.79. The number of carbonyl (C=O) groups is 1. The summed E-state index contributed by atoms with van der Waals surface area (Å²) in [7, 11) is 0. The zero-order valence-corrected chi connectivity index (χ0v) is 14.1. The molecule has 5 nitrogen and oxygen atoms in total. The van der Waals surface area contributed by atoms with Gasteiger partial charge in [-0.1, -0.05) is 36.8 Å². The summed E-state index contributed by atoms with van der Waals surface area (Å²) in [4.78, 5) is 17.0. The van der Waals surface area contributed by atoms with Crippen LogP contribution in [0.5, 0.6) is 5.88 Å². The standard InChI is InChI=1S/C20H21N3O2/c24-17(13-14-7-3-1-4-8-14)19-16-11-12-18(21-20(16)23-22-19)25-15-9-5-2-6-10-15/h1,3-4,7-8,11-12,15H,2,5-6,9-10,13H2,(H,21,22,23). The zero-order valence-electron chi connectivity index (χ0n) is 14.1. The van der Waals surface area contributed by atoms with Crippen LogP contribution in [-0.2, 0) is 6.42 Å². The number of aromatic nitrogens is 3. The van der Waals surface area contributed by atoms with E-state index in [0.717, 1.165) is 23.8 Å². The highest BCUT2D eigenvalue weighted by molar-refractivity contribution is 6.06. The van der Waals surface area contributed by atoms with Crippen molar-refractivity contribution in [3.63, 3.8) is 0 Å². The van der Waals surface area contributed by atoms with Crippen LogP contribution < -0.4 is 4.74 Å². The molecule has 0 bridgehead atoms. The van der Waals surface area contributed by atoms with E-state index in [9.17, 15) is 4.79 Å². The number of ether oxygens (including phenoxy) is 1. The molecule has 0 amide bonds.